The average molecular weight is 305 g/mol. The van der Waals surface area contributed by atoms with Crippen LogP contribution >= 0.6 is 11.6 Å². The molecule has 0 spiro atoms. The Balaban J connectivity index is 2.15. The topological polar surface area (TPSA) is 85.2 Å². The summed E-state index contributed by atoms with van der Waals surface area (Å²) in [6.07, 6.45) is 0. The summed E-state index contributed by atoms with van der Waals surface area (Å²) in [6.45, 7) is 1.36. The van der Waals surface area contributed by atoms with Crippen LogP contribution in [-0.2, 0) is 14.2 Å². The molecule has 0 saturated carbocycles. The fourth-order valence-corrected chi connectivity index (χ4v) is 1.48. The number of ether oxygens (including phenoxy) is 3. The third-order valence-electron chi connectivity index (χ3n) is 2.25. The monoisotopic (exact) mass is 304 g/mol. The molecule has 0 fully saturated rings. The number of hydrogen-bond donors (Lipinski definition) is 2. The summed E-state index contributed by atoms with van der Waals surface area (Å²) in [4.78, 5) is 11.6. The molecule has 0 saturated heterocycles. The van der Waals surface area contributed by atoms with Crippen molar-refractivity contribution in [2.45, 2.75) is 0 Å². The van der Waals surface area contributed by atoms with E-state index < -0.39 is 5.97 Å². The maximum absolute atomic E-state index is 11.6. The number of phenols is 1. The van der Waals surface area contributed by atoms with Crippen LogP contribution in [0.1, 0.15) is 10.4 Å². The summed E-state index contributed by atoms with van der Waals surface area (Å²) in [5, 5.41) is 17.8. The summed E-state index contributed by atoms with van der Waals surface area (Å²) in [7, 11) is 0. The van der Waals surface area contributed by atoms with Crippen molar-refractivity contribution in [1.29, 1.82) is 0 Å². The van der Waals surface area contributed by atoms with Crippen LogP contribution < -0.4 is 0 Å². The van der Waals surface area contributed by atoms with Gasteiger partial charge in [0.25, 0.3) is 0 Å². The van der Waals surface area contributed by atoms with Crippen molar-refractivity contribution in [3.8, 4) is 5.75 Å². The lowest BCUT2D eigenvalue weighted by Crippen LogP contribution is -2.13. The van der Waals surface area contributed by atoms with Crippen molar-refractivity contribution in [3.63, 3.8) is 0 Å². The fraction of sp³-hybridized carbons (Fsp3) is 0.462. The number of aliphatic hydroxyl groups excluding tert-OH is 1. The highest BCUT2D eigenvalue weighted by Crippen LogP contribution is 2.23. The number of aromatic hydroxyl groups is 1. The molecule has 0 unspecified atom stereocenters. The molecule has 7 heteroatoms. The highest BCUT2D eigenvalue weighted by molar-refractivity contribution is 6.32. The van der Waals surface area contributed by atoms with E-state index >= 15 is 0 Å². The second-order valence-corrected chi connectivity index (χ2v) is 4.16. The van der Waals surface area contributed by atoms with Gasteiger partial charge >= 0.3 is 5.97 Å². The fourth-order valence-electron chi connectivity index (χ4n) is 1.30. The van der Waals surface area contributed by atoms with Crippen LogP contribution in [0, 0.1) is 0 Å². The van der Waals surface area contributed by atoms with E-state index in [4.69, 9.17) is 30.9 Å². The molecule has 0 aliphatic rings. The number of hydrogen-bond acceptors (Lipinski definition) is 6. The molecular formula is C13H17ClO6. The van der Waals surface area contributed by atoms with Crippen molar-refractivity contribution in [2.24, 2.45) is 0 Å². The van der Waals surface area contributed by atoms with Crippen molar-refractivity contribution in [2.75, 3.05) is 39.6 Å². The Bertz CT molecular complexity index is 423. The first-order chi connectivity index (χ1) is 9.65. The number of esters is 1. The molecule has 0 heterocycles. The van der Waals surface area contributed by atoms with Crippen LogP contribution in [-0.4, -0.2) is 55.8 Å². The van der Waals surface area contributed by atoms with Crippen molar-refractivity contribution >= 4 is 17.6 Å². The minimum absolute atomic E-state index is 0.0210. The van der Waals surface area contributed by atoms with E-state index in [-0.39, 0.29) is 42.8 Å². The number of rotatable bonds is 9. The molecular weight excluding hydrogens is 288 g/mol. The summed E-state index contributed by atoms with van der Waals surface area (Å²) in [6, 6.07) is 4.09. The first-order valence-corrected chi connectivity index (χ1v) is 6.45. The van der Waals surface area contributed by atoms with Crippen LogP contribution in [0.4, 0.5) is 0 Å². The van der Waals surface area contributed by atoms with Crippen molar-refractivity contribution in [1.82, 2.24) is 0 Å². The van der Waals surface area contributed by atoms with Gasteiger partial charge in [0.05, 0.1) is 43.6 Å². The highest BCUT2D eigenvalue weighted by atomic mass is 35.5. The van der Waals surface area contributed by atoms with E-state index in [9.17, 15) is 9.90 Å². The van der Waals surface area contributed by atoms with E-state index in [0.717, 1.165) is 0 Å². The number of carbonyl (C=O) groups excluding carboxylic acids is 1. The minimum Gasteiger partial charge on any atom is -0.506 e. The molecule has 112 valence electrons. The quantitative estimate of drug-likeness (QED) is 0.527. The Morgan fingerprint density at radius 3 is 2.40 bits per heavy atom. The molecule has 6 nitrogen and oxygen atoms in total. The third-order valence-corrected chi connectivity index (χ3v) is 2.55. The molecule has 0 aliphatic carbocycles. The van der Waals surface area contributed by atoms with Gasteiger partial charge < -0.3 is 24.4 Å². The van der Waals surface area contributed by atoms with Crippen LogP contribution in [0.2, 0.25) is 5.02 Å². The molecule has 0 aromatic heterocycles. The lowest BCUT2D eigenvalue weighted by atomic mass is 10.2. The number of halogens is 1. The van der Waals surface area contributed by atoms with Crippen LogP contribution in [0.5, 0.6) is 5.75 Å². The summed E-state index contributed by atoms with van der Waals surface area (Å²) in [5.74, 6) is -0.624. The first-order valence-electron chi connectivity index (χ1n) is 6.07. The van der Waals surface area contributed by atoms with Gasteiger partial charge in [-0.3, -0.25) is 0 Å². The van der Waals surface area contributed by atoms with E-state index in [1.54, 1.807) is 0 Å². The van der Waals surface area contributed by atoms with Gasteiger partial charge in [-0.15, -0.1) is 0 Å². The molecule has 0 bridgehead atoms. The second-order valence-electron chi connectivity index (χ2n) is 3.75. The zero-order valence-corrected chi connectivity index (χ0v) is 11.6. The number of benzene rings is 1. The Morgan fingerprint density at radius 1 is 1.10 bits per heavy atom. The first kappa shape index (κ1) is 16.7. The van der Waals surface area contributed by atoms with Gasteiger partial charge in [-0.25, -0.2) is 4.79 Å². The minimum atomic E-state index is -0.535. The summed E-state index contributed by atoms with van der Waals surface area (Å²) in [5.41, 5.74) is 0.263. The van der Waals surface area contributed by atoms with Crippen molar-refractivity contribution in [3.05, 3.63) is 28.8 Å². The number of aliphatic hydroxyl groups is 1. The Hall–Kier alpha value is -1.34. The van der Waals surface area contributed by atoms with Gasteiger partial charge in [0.1, 0.15) is 12.4 Å². The number of carbonyl (C=O) groups is 1. The Kier molecular flexibility index (Phi) is 7.98. The van der Waals surface area contributed by atoms with Crippen molar-refractivity contribution < 1.29 is 29.2 Å². The van der Waals surface area contributed by atoms with Gasteiger partial charge in [0.2, 0.25) is 0 Å². The molecule has 1 rings (SSSR count). The summed E-state index contributed by atoms with van der Waals surface area (Å²) >= 11 is 5.69. The molecule has 0 amide bonds. The van der Waals surface area contributed by atoms with Gasteiger partial charge in [-0.1, -0.05) is 11.6 Å². The largest absolute Gasteiger partial charge is 0.506 e. The Labute approximate surface area is 121 Å². The van der Waals surface area contributed by atoms with Gasteiger partial charge in [0.15, 0.2) is 0 Å². The predicted molar refractivity (Wildman–Crippen MR) is 72.1 cm³/mol. The molecule has 1 aromatic carbocycles. The van der Waals surface area contributed by atoms with Crippen LogP contribution in [0.15, 0.2) is 18.2 Å². The van der Waals surface area contributed by atoms with E-state index in [0.29, 0.717) is 13.2 Å². The van der Waals surface area contributed by atoms with Crippen LogP contribution in [0.3, 0.4) is 0 Å². The van der Waals surface area contributed by atoms with Crippen LogP contribution in [0.25, 0.3) is 0 Å². The van der Waals surface area contributed by atoms with Gasteiger partial charge in [-0.2, -0.15) is 0 Å². The number of phenolic OH excluding ortho intramolecular Hbond substituents is 1. The zero-order chi connectivity index (χ0) is 14.8. The Morgan fingerprint density at radius 2 is 1.75 bits per heavy atom. The maximum Gasteiger partial charge on any atom is 0.338 e. The predicted octanol–water partition coefficient (Wildman–Crippen LogP) is 1.23. The molecule has 2 N–H and O–H groups in total. The lowest BCUT2D eigenvalue weighted by Gasteiger charge is -2.07. The second kappa shape index (κ2) is 9.55. The summed E-state index contributed by atoms with van der Waals surface area (Å²) < 4.78 is 15.1. The van der Waals surface area contributed by atoms with E-state index in [2.05, 4.69) is 0 Å². The lowest BCUT2D eigenvalue weighted by molar-refractivity contribution is 0.00920. The SMILES string of the molecule is O=C(OCCOCCOCCO)c1ccc(O)c(Cl)c1. The average Bonchev–Trinajstić information content (AvgIpc) is 2.44. The molecule has 0 atom stereocenters. The smallest absolute Gasteiger partial charge is 0.338 e. The molecule has 0 radical (unpaired) electrons. The van der Waals surface area contributed by atoms with E-state index in [1.165, 1.54) is 18.2 Å². The van der Waals surface area contributed by atoms with E-state index in [1.807, 2.05) is 0 Å². The zero-order valence-electron chi connectivity index (χ0n) is 10.9. The van der Waals surface area contributed by atoms with Gasteiger partial charge in [0, 0.05) is 0 Å². The normalized spacial score (nSPS) is 10.5. The molecule has 0 aliphatic heterocycles. The maximum atomic E-state index is 11.6. The van der Waals surface area contributed by atoms with Gasteiger partial charge in [-0.05, 0) is 18.2 Å². The highest BCUT2D eigenvalue weighted by Gasteiger charge is 2.09. The molecule has 1 aromatic rings. The third kappa shape index (κ3) is 6.21. The molecule has 20 heavy (non-hydrogen) atoms. The standard InChI is InChI=1S/C13H17ClO6/c14-11-9-10(1-2-12(11)16)13(17)20-8-7-19-6-5-18-4-3-15/h1-2,9,15-16H,3-8H2.